The first-order valence-corrected chi connectivity index (χ1v) is 12.1. The van der Waals surface area contributed by atoms with Crippen LogP contribution in [0.1, 0.15) is 25.8 Å². The highest BCUT2D eigenvalue weighted by Crippen LogP contribution is 2.33. The molecule has 2 fully saturated rings. The predicted molar refractivity (Wildman–Crippen MR) is 123 cm³/mol. The lowest BCUT2D eigenvalue weighted by Gasteiger charge is -2.50. The van der Waals surface area contributed by atoms with Crippen molar-refractivity contribution in [3.63, 3.8) is 0 Å². The smallest absolute Gasteiger partial charge is 0.327 e. The van der Waals surface area contributed by atoms with E-state index in [2.05, 4.69) is 29.8 Å². The van der Waals surface area contributed by atoms with Crippen molar-refractivity contribution in [1.29, 1.82) is 0 Å². The highest BCUT2D eigenvalue weighted by molar-refractivity contribution is 8.00. The van der Waals surface area contributed by atoms with Crippen LogP contribution in [0.4, 0.5) is 4.79 Å². The molecular weight excluding hydrogens is 446 g/mol. The summed E-state index contributed by atoms with van der Waals surface area (Å²) in [4.78, 5) is 40.7. The van der Waals surface area contributed by atoms with Crippen molar-refractivity contribution in [2.45, 2.75) is 44.5 Å². The van der Waals surface area contributed by atoms with E-state index in [4.69, 9.17) is 9.47 Å². The number of carbonyl (C=O) groups is 3. The molecule has 10 nitrogen and oxygen atoms in total. The molecule has 0 aromatic heterocycles. The number of nitrogens with one attached hydrogen (secondary N) is 3. The lowest BCUT2D eigenvalue weighted by atomic mass is 9.95. The van der Waals surface area contributed by atoms with Gasteiger partial charge in [0.05, 0.1) is 29.4 Å². The number of urea groups is 1. The Morgan fingerprint density at radius 2 is 1.97 bits per heavy atom. The van der Waals surface area contributed by atoms with Gasteiger partial charge in [0.15, 0.2) is 11.5 Å². The summed E-state index contributed by atoms with van der Waals surface area (Å²) >= 11 is 1.39. The Kier molecular flexibility index (Phi) is 7.01. The lowest BCUT2D eigenvalue weighted by Crippen LogP contribution is -2.74. The number of fused-ring (bicyclic) bond motifs is 2. The van der Waals surface area contributed by atoms with Crippen molar-refractivity contribution in [2.24, 2.45) is 11.8 Å². The van der Waals surface area contributed by atoms with E-state index in [0.717, 1.165) is 16.9 Å². The summed E-state index contributed by atoms with van der Waals surface area (Å²) in [5, 5.41) is 9.51. The average molecular weight is 478 g/mol. The number of thioether (sulfide) groups is 1. The van der Waals surface area contributed by atoms with Gasteiger partial charge in [-0.2, -0.15) is 0 Å². The lowest BCUT2D eigenvalue weighted by molar-refractivity contribution is -0.140. The molecule has 4 unspecified atom stereocenters. The second-order valence-electron chi connectivity index (χ2n) is 8.97. The van der Waals surface area contributed by atoms with Gasteiger partial charge < -0.3 is 19.7 Å². The number of amides is 4. The van der Waals surface area contributed by atoms with Crippen molar-refractivity contribution < 1.29 is 23.9 Å². The van der Waals surface area contributed by atoms with Gasteiger partial charge >= 0.3 is 6.03 Å². The fourth-order valence-corrected chi connectivity index (χ4v) is 5.51. The Morgan fingerprint density at radius 1 is 1.21 bits per heavy atom. The van der Waals surface area contributed by atoms with Gasteiger partial charge in [0.2, 0.25) is 18.6 Å². The highest BCUT2D eigenvalue weighted by Gasteiger charge is 2.50. The van der Waals surface area contributed by atoms with Gasteiger partial charge in [-0.15, -0.1) is 11.8 Å². The van der Waals surface area contributed by atoms with Crippen LogP contribution in [0.15, 0.2) is 18.2 Å². The van der Waals surface area contributed by atoms with Crippen molar-refractivity contribution in [2.75, 3.05) is 26.6 Å². The van der Waals surface area contributed by atoms with Crippen LogP contribution in [0.2, 0.25) is 0 Å². The van der Waals surface area contributed by atoms with Gasteiger partial charge in [-0.05, 0) is 30.0 Å². The minimum atomic E-state index is -0.493. The first-order valence-electron chi connectivity index (χ1n) is 11.1. The van der Waals surface area contributed by atoms with Crippen molar-refractivity contribution >= 4 is 29.6 Å². The first kappa shape index (κ1) is 23.7. The molecule has 4 rings (SSSR count). The molecule has 4 amide bonds. The number of hydrogen-bond donors (Lipinski definition) is 3. The standard InChI is InChI=1S/C22H31N5O5S/c1-12(2)7-16-24-19-18(21(29)27(4)22(30)26(19)3)20(25-16)33-10-17(28)23-9-13-5-6-14-15(8-13)32-11-31-14/h5-6,8,12,16,18-20,24-25H,7,9-11H2,1-4H3,(H,23,28). The summed E-state index contributed by atoms with van der Waals surface area (Å²) in [7, 11) is 3.20. The molecule has 3 heterocycles. The Balaban J connectivity index is 1.38. The summed E-state index contributed by atoms with van der Waals surface area (Å²) in [5.74, 6) is 1.12. The summed E-state index contributed by atoms with van der Waals surface area (Å²) in [6, 6.07) is 5.24. The van der Waals surface area contributed by atoms with Gasteiger partial charge in [0.1, 0.15) is 0 Å². The van der Waals surface area contributed by atoms with Crippen molar-refractivity contribution in [3.05, 3.63) is 23.8 Å². The van der Waals surface area contributed by atoms with Crippen LogP contribution < -0.4 is 25.4 Å². The molecule has 0 bridgehead atoms. The van der Waals surface area contributed by atoms with E-state index in [1.165, 1.54) is 18.8 Å². The molecule has 3 aliphatic rings. The molecule has 33 heavy (non-hydrogen) atoms. The number of benzene rings is 1. The van der Waals surface area contributed by atoms with E-state index in [1.54, 1.807) is 11.9 Å². The Bertz CT molecular complexity index is 928. The maximum absolute atomic E-state index is 13.0. The summed E-state index contributed by atoms with van der Waals surface area (Å²) in [5.41, 5.74) is 0.916. The van der Waals surface area contributed by atoms with Crippen LogP contribution in [-0.2, 0) is 16.1 Å². The third-order valence-electron chi connectivity index (χ3n) is 6.05. The van der Waals surface area contributed by atoms with Crippen molar-refractivity contribution in [3.8, 4) is 11.5 Å². The molecule has 0 radical (unpaired) electrons. The second kappa shape index (κ2) is 9.78. The number of rotatable bonds is 7. The molecule has 0 saturated carbocycles. The summed E-state index contributed by atoms with van der Waals surface area (Å²) in [6.45, 7) is 4.82. The molecular formula is C22H31N5O5S. The average Bonchev–Trinajstić information content (AvgIpc) is 3.25. The van der Waals surface area contributed by atoms with Crippen LogP contribution in [0.5, 0.6) is 11.5 Å². The number of carbonyl (C=O) groups excluding carboxylic acids is 3. The predicted octanol–water partition coefficient (Wildman–Crippen LogP) is 1.12. The normalized spacial score (nSPS) is 26.6. The second-order valence-corrected chi connectivity index (χ2v) is 10.1. The van der Waals surface area contributed by atoms with Gasteiger partial charge in [-0.3, -0.25) is 25.1 Å². The van der Waals surface area contributed by atoms with Crippen LogP contribution in [0.25, 0.3) is 0 Å². The van der Waals surface area contributed by atoms with Gasteiger partial charge in [-0.1, -0.05) is 19.9 Å². The third-order valence-corrected chi connectivity index (χ3v) is 7.27. The molecule has 2 saturated heterocycles. The molecule has 0 spiro atoms. The zero-order valence-electron chi connectivity index (χ0n) is 19.3. The number of ether oxygens (including phenoxy) is 2. The molecule has 1 aromatic rings. The van der Waals surface area contributed by atoms with Crippen LogP contribution in [-0.4, -0.2) is 72.0 Å². The van der Waals surface area contributed by atoms with E-state index >= 15 is 0 Å². The van der Waals surface area contributed by atoms with Crippen LogP contribution >= 0.6 is 11.8 Å². The van der Waals surface area contributed by atoms with E-state index in [1.807, 2.05) is 18.2 Å². The van der Waals surface area contributed by atoms with Crippen LogP contribution in [0.3, 0.4) is 0 Å². The maximum Gasteiger partial charge on any atom is 0.327 e. The minimum Gasteiger partial charge on any atom is -0.454 e. The number of imide groups is 1. The molecule has 180 valence electrons. The number of nitrogens with zero attached hydrogens (tertiary/aromatic N) is 2. The molecule has 3 N–H and O–H groups in total. The van der Waals surface area contributed by atoms with Crippen molar-refractivity contribution in [1.82, 2.24) is 25.8 Å². The third kappa shape index (κ3) is 5.04. The molecule has 1 aromatic carbocycles. The minimum absolute atomic E-state index is 0.0631. The van der Waals surface area contributed by atoms with Crippen LogP contribution in [0, 0.1) is 11.8 Å². The summed E-state index contributed by atoms with van der Waals surface area (Å²) < 4.78 is 10.7. The summed E-state index contributed by atoms with van der Waals surface area (Å²) in [6.07, 6.45) is 0.357. The molecule has 3 aliphatic heterocycles. The highest BCUT2D eigenvalue weighted by atomic mass is 32.2. The zero-order chi connectivity index (χ0) is 23.7. The van der Waals surface area contributed by atoms with E-state index in [-0.39, 0.29) is 41.9 Å². The van der Waals surface area contributed by atoms with Gasteiger partial charge in [0.25, 0.3) is 0 Å². The Labute approximate surface area is 197 Å². The monoisotopic (exact) mass is 477 g/mol. The van der Waals surface area contributed by atoms with E-state index in [0.29, 0.717) is 24.0 Å². The van der Waals surface area contributed by atoms with Gasteiger partial charge in [-0.25, -0.2) is 4.79 Å². The molecule has 0 aliphatic carbocycles. The molecule has 11 heteroatoms. The topological polar surface area (TPSA) is 112 Å². The quantitative estimate of drug-likeness (QED) is 0.536. The molecule has 4 atom stereocenters. The first-order chi connectivity index (χ1) is 15.7. The maximum atomic E-state index is 13.0. The van der Waals surface area contributed by atoms with E-state index < -0.39 is 12.1 Å². The fraction of sp³-hybridized carbons (Fsp3) is 0.591. The zero-order valence-corrected chi connectivity index (χ0v) is 20.1. The fourth-order valence-electron chi connectivity index (χ4n) is 4.34. The Morgan fingerprint density at radius 3 is 2.73 bits per heavy atom. The van der Waals surface area contributed by atoms with Gasteiger partial charge in [0, 0.05) is 20.6 Å². The largest absolute Gasteiger partial charge is 0.454 e. The van der Waals surface area contributed by atoms with E-state index in [9.17, 15) is 14.4 Å². The Hall–Kier alpha value is -2.50. The number of hydrogen-bond acceptors (Lipinski definition) is 8. The SMILES string of the molecule is CC(C)CC1NC(SCC(=O)NCc2ccc3c(c2)OCO3)C2C(=O)N(C)C(=O)N(C)C2N1.